The van der Waals surface area contributed by atoms with Crippen LogP contribution in [0.2, 0.25) is 0 Å². The predicted octanol–water partition coefficient (Wildman–Crippen LogP) is 2.99. The van der Waals surface area contributed by atoms with Gasteiger partial charge in [0.05, 0.1) is 12.5 Å². The highest BCUT2D eigenvalue weighted by Crippen LogP contribution is 2.17. The van der Waals surface area contributed by atoms with Gasteiger partial charge in [-0.15, -0.1) is 11.3 Å². The first kappa shape index (κ1) is 17.5. The molecule has 2 heterocycles. The highest BCUT2D eigenvalue weighted by Gasteiger charge is 2.28. The maximum absolute atomic E-state index is 12.4. The molecule has 1 aliphatic heterocycles. The van der Waals surface area contributed by atoms with E-state index in [4.69, 9.17) is 0 Å². The minimum Gasteiger partial charge on any atom is -0.351 e. The van der Waals surface area contributed by atoms with Gasteiger partial charge in [-0.3, -0.25) is 4.79 Å². The van der Waals surface area contributed by atoms with E-state index in [9.17, 15) is 9.59 Å². The molecule has 0 aliphatic carbocycles. The van der Waals surface area contributed by atoms with Crippen molar-refractivity contribution in [3.05, 3.63) is 58.3 Å². The van der Waals surface area contributed by atoms with Crippen LogP contribution in [0.3, 0.4) is 0 Å². The van der Waals surface area contributed by atoms with Crippen molar-refractivity contribution in [3.8, 4) is 0 Å². The molecular weight excluding hydrogens is 334 g/mol. The van der Waals surface area contributed by atoms with Gasteiger partial charge in [0.1, 0.15) is 0 Å². The number of nitrogens with one attached hydrogen (secondary N) is 2. The summed E-state index contributed by atoms with van der Waals surface area (Å²) in [6.07, 6.45) is 1.69. The van der Waals surface area contributed by atoms with Gasteiger partial charge in [-0.2, -0.15) is 0 Å². The number of nitrogens with zero attached hydrogens (tertiary/aromatic N) is 1. The summed E-state index contributed by atoms with van der Waals surface area (Å²) in [7, 11) is 0. The Morgan fingerprint density at radius 2 is 1.92 bits per heavy atom. The van der Waals surface area contributed by atoms with Crippen molar-refractivity contribution in [1.29, 1.82) is 0 Å². The van der Waals surface area contributed by atoms with Gasteiger partial charge in [0.25, 0.3) is 0 Å². The van der Waals surface area contributed by atoms with Crippen molar-refractivity contribution >= 4 is 23.3 Å². The molecule has 1 fully saturated rings. The third-order valence-electron chi connectivity index (χ3n) is 4.38. The summed E-state index contributed by atoms with van der Waals surface area (Å²) in [5, 5.41) is 7.93. The maximum Gasteiger partial charge on any atom is 0.317 e. The topological polar surface area (TPSA) is 61.4 Å². The van der Waals surface area contributed by atoms with Gasteiger partial charge in [0, 0.05) is 24.5 Å². The number of hydrogen-bond donors (Lipinski definition) is 2. The van der Waals surface area contributed by atoms with Crippen molar-refractivity contribution in [3.63, 3.8) is 0 Å². The first-order valence-corrected chi connectivity index (χ1v) is 9.47. The zero-order valence-corrected chi connectivity index (χ0v) is 14.9. The Morgan fingerprint density at radius 1 is 1.08 bits per heavy atom. The van der Waals surface area contributed by atoms with Gasteiger partial charge >= 0.3 is 6.03 Å². The Morgan fingerprint density at radius 3 is 2.68 bits per heavy atom. The van der Waals surface area contributed by atoms with E-state index in [1.807, 2.05) is 47.8 Å². The van der Waals surface area contributed by atoms with E-state index in [-0.39, 0.29) is 17.9 Å². The summed E-state index contributed by atoms with van der Waals surface area (Å²) in [5.41, 5.74) is 1.07. The Balaban J connectivity index is 1.46. The molecule has 0 spiro atoms. The molecule has 0 radical (unpaired) electrons. The first-order valence-electron chi connectivity index (χ1n) is 8.59. The van der Waals surface area contributed by atoms with Gasteiger partial charge in [-0.05, 0) is 29.9 Å². The number of hydrogen-bond acceptors (Lipinski definition) is 3. The second kappa shape index (κ2) is 8.67. The lowest BCUT2D eigenvalue weighted by atomic mass is 9.97. The molecule has 1 saturated heterocycles. The van der Waals surface area contributed by atoms with E-state index in [2.05, 4.69) is 10.6 Å². The van der Waals surface area contributed by atoms with E-state index < -0.39 is 0 Å². The molecule has 1 unspecified atom stereocenters. The van der Waals surface area contributed by atoms with Crippen LogP contribution in [0.15, 0.2) is 47.8 Å². The molecular formula is C19H23N3O2S. The van der Waals surface area contributed by atoms with E-state index >= 15 is 0 Å². The summed E-state index contributed by atoms with van der Waals surface area (Å²) in [6, 6.07) is 13.7. The van der Waals surface area contributed by atoms with Gasteiger partial charge < -0.3 is 15.5 Å². The summed E-state index contributed by atoms with van der Waals surface area (Å²) < 4.78 is 0. The molecule has 132 valence electrons. The van der Waals surface area contributed by atoms with Crippen molar-refractivity contribution in [2.24, 2.45) is 5.92 Å². The molecule has 2 N–H and O–H groups in total. The zero-order valence-electron chi connectivity index (χ0n) is 14.1. The molecule has 25 heavy (non-hydrogen) atoms. The fourth-order valence-corrected chi connectivity index (χ4v) is 3.64. The standard InChI is InChI=1S/C19H23N3O2S/c23-18(20-13-17-9-5-11-25-17)16-8-4-10-22(14-16)19(24)21-12-15-6-2-1-3-7-15/h1-3,5-7,9,11,16H,4,8,10,12-14H2,(H,20,23)(H,21,24). The van der Waals surface area contributed by atoms with E-state index in [1.165, 1.54) is 0 Å². The SMILES string of the molecule is O=C(NCc1cccs1)C1CCCN(C(=O)NCc2ccccc2)C1. The van der Waals surface area contributed by atoms with Gasteiger partial charge in [-0.1, -0.05) is 36.4 Å². The Kier molecular flexibility index (Phi) is 6.06. The molecule has 3 amide bonds. The molecule has 1 atom stereocenters. The Labute approximate surface area is 152 Å². The van der Waals surface area contributed by atoms with Gasteiger partial charge in [0.15, 0.2) is 0 Å². The Bertz CT molecular complexity index is 688. The number of piperidine rings is 1. The normalized spacial score (nSPS) is 17.1. The lowest BCUT2D eigenvalue weighted by molar-refractivity contribution is -0.126. The van der Waals surface area contributed by atoms with E-state index in [1.54, 1.807) is 16.2 Å². The molecule has 3 rings (SSSR count). The minimum atomic E-state index is -0.129. The van der Waals surface area contributed by atoms with Crippen LogP contribution in [0.25, 0.3) is 0 Å². The second-order valence-electron chi connectivity index (χ2n) is 6.23. The summed E-state index contributed by atoms with van der Waals surface area (Å²) >= 11 is 1.63. The molecule has 2 aromatic rings. The zero-order chi connectivity index (χ0) is 17.5. The number of urea groups is 1. The van der Waals surface area contributed by atoms with Crippen LogP contribution < -0.4 is 10.6 Å². The maximum atomic E-state index is 12.4. The summed E-state index contributed by atoms with van der Waals surface area (Å²) in [5.74, 6) is -0.0925. The third kappa shape index (κ3) is 5.06. The van der Waals surface area contributed by atoms with Gasteiger partial charge in [0.2, 0.25) is 5.91 Å². The number of rotatable bonds is 5. The largest absolute Gasteiger partial charge is 0.351 e. The first-order chi connectivity index (χ1) is 12.2. The van der Waals surface area contributed by atoms with E-state index in [0.717, 1.165) is 23.3 Å². The number of likely N-dealkylation sites (tertiary alicyclic amines) is 1. The molecule has 0 bridgehead atoms. The number of amides is 3. The number of carbonyl (C=O) groups is 2. The molecule has 1 aromatic heterocycles. The highest BCUT2D eigenvalue weighted by atomic mass is 32.1. The molecule has 0 saturated carbocycles. The second-order valence-corrected chi connectivity index (χ2v) is 7.26. The van der Waals surface area contributed by atoms with Crippen molar-refractivity contribution in [1.82, 2.24) is 15.5 Å². The van der Waals surface area contributed by atoms with Crippen molar-refractivity contribution in [2.45, 2.75) is 25.9 Å². The Hall–Kier alpha value is -2.34. The van der Waals surface area contributed by atoms with Crippen LogP contribution in [-0.4, -0.2) is 29.9 Å². The molecule has 5 nitrogen and oxygen atoms in total. The molecule has 1 aromatic carbocycles. The summed E-state index contributed by atoms with van der Waals surface area (Å²) in [4.78, 5) is 27.6. The average molecular weight is 357 g/mol. The quantitative estimate of drug-likeness (QED) is 0.864. The van der Waals surface area contributed by atoms with Crippen LogP contribution in [0, 0.1) is 5.92 Å². The fourth-order valence-electron chi connectivity index (χ4n) is 2.99. The third-order valence-corrected chi connectivity index (χ3v) is 5.26. The number of benzene rings is 1. The van der Waals surface area contributed by atoms with Crippen LogP contribution in [0.1, 0.15) is 23.3 Å². The smallest absolute Gasteiger partial charge is 0.317 e. The van der Waals surface area contributed by atoms with E-state index in [0.29, 0.717) is 26.2 Å². The minimum absolute atomic E-state index is 0.0361. The fraction of sp³-hybridized carbons (Fsp3) is 0.368. The summed E-state index contributed by atoms with van der Waals surface area (Å²) in [6.45, 7) is 2.25. The van der Waals surface area contributed by atoms with Gasteiger partial charge in [-0.25, -0.2) is 4.79 Å². The lowest BCUT2D eigenvalue weighted by Gasteiger charge is -2.32. The van der Waals surface area contributed by atoms with Crippen LogP contribution in [0.5, 0.6) is 0 Å². The highest BCUT2D eigenvalue weighted by molar-refractivity contribution is 7.09. The van der Waals surface area contributed by atoms with Crippen LogP contribution >= 0.6 is 11.3 Å². The van der Waals surface area contributed by atoms with Crippen molar-refractivity contribution in [2.75, 3.05) is 13.1 Å². The van der Waals surface area contributed by atoms with Crippen molar-refractivity contribution < 1.29 is 9.59 Å². The van der Waals surface area contributed by atoms with Crippen LogP contribution in [-0.2, 0) is 17.9 Å². The number of carbonyl (C=O) groups excluding carboxylic acids is 2. The van der Waals surface area contributed by atoms with Crippen LogP contribution in [0.4, 0.5) is 4.79 Å². The molecule has 1 aliphatic rings. The monoisotopic (exact) mass is 357 g/mol. The molecule has 6 heteroatoms. The average Bonchev–Trinajstić information content (AvgIpc) is 3.18. The number of thiophene rings is 1. The predicted molar refractivity (Wildman–Crippen MR) is 99.1 cm³/mol. The lowest BCUT2D eigenvalue weighted by Crippen LogP contribution is -2.48.